The highest BCUT2D eigenvalue weighted by Crippen LogP contribution is 2.42. The number of amides is 1. The van der Waals surface area contributed by atoms with Crippen LogP contribution in [0.3, 0.4) is 0 Å². The van der Waals surface area contributed by atoms with Crippen molar-refractivity contribution in [3.05, 3.63) is 95.7 Å². The summed E-state index contributed by atoms with van der Waals surface area (Å²) in [6.07, 6.45) is 1.08. The molecular formula is C29H30N4O. The molecule has 3 aromatic carbocycles. The number of rotatable bonds is 4. The molecule has 5 nitrogen and oxygen atoms in total. The molecule has 2 unspecified atom stereocenters. The minimum atomic E-state index is -0.0109. The van der Waals surface area contributed by atoms with E-state index in [0.717, 1.165) is 43.0 Å². The summed E-state index contributed by atoms with van der Waals surface area (Å²) < 4.78 is 2.41. The summed E-state index contributed by atoms with van der Waals surface area (Å²) in [7, 11) is 2.12. The summed E-state index contributed by atoms with van der Waals surface area (Å²) in [6, 6.07) is 27.5. The Hall–Kier alpha value is -3.73. The maximum absolute atomic E-state index is 13.1. The van der Waals surface area contributed by atoms with E-state index in [4.69, 9.17) is 0 Å². The first-order valence-electron chi connectivity index (χ1n) is 12.1. The molecule has 1 amide bonds. The fraction of sp³-hybridized carbons (Fsp3) is 0.276. The van der Waals surface area contributed by atoms with Gasteiger partial charge in [-0.05, 0) is 48.2 Å². The number of likely N-dealkylation sites (tertiary alicyclic amines) is 1. The standard InChI is InChI=1S/C29H30N4O/c1-20-14-15-32(18-20)29(34)23-12-13-26-24(16-23)30-28(31(26)2)27-17-22-10-6-7-11-25(22)33(27)19-21-8-4-3-5-9-21/h3-13,16-17,20,28,30H,14-15,18-19H2,1-2H3. The van der Waals surface area contributed by atoms with Crippen LogP contribution < -0.4 is 10.2 Å². The lowest BCUT2D eigenvalue weighted by Crippen LogP contribution is -2.28. The normalized spacial score (nSPS) is 19.5. The van der Waals surface area contributed by atoms with E-state index in [1.807, 2.05) is 17.0 Å². The number of para-hydroxylation sites is 1. The molecule has 0 spiro atoms. The van der Waals surface area contributed by atoms with Crippen molar-refractivity contribution in [1.29, 1.82) is 0 Å². The highest BCUT2D eigenvalue weighted by molar-refractivity contribution is 5.97. The number of fused-ring (bicyclic) bond motifs is 2. The Kier molecular flexibility index (Phi) is 5.05. The first kappa shape index (κ1) is 20.8. The maximum Gasteiger partial charge on any atom is 0.253 e. The van der Waals surface area contributed by atoms with Crippen LogP contribution in [0.5, 0.6) is 0 Å². The number of anilines is 2. The summed E-state index contributed by atoms with van der Waals surface area (Å²) >= 11 is 0. The molecule has 34 heavy (non-hydrogen) atoms. The zero-order valence-electron chi connectivity index (χ0n) is 19.7. The molecule has 1 N–H and O–H groups in total. The van der Waals surface area contributed by atoms with Crippen LogP contribution in [-0.4, -0.2) is 35.5 Å². The van der Waals surface area contributed by atoms with Gasteiger partial charge in [-0.2, -0.15) is 0 Å². The molecule has 0 radical (unpaired) electrons. The van der Waals surface area contributed by atoms with Crippen molar-refractivity contribution in [1.82, 2.24) is 9.47 Å². The zero-order valence-corrected chi connectivity index (χ0v) is 19.7. The van der Waals surface area contributed by atoms with Crippen molar-refractivity contribution in [2.75, 3.05) is 30.4 Å². The van der Waals surface area contributed by atoms with E-state index in [-0.39, 0.29) is 12.1 Å². The van der Waals surface area contributed by atoms with Crippen molar-refractivity contribution in [2.45, 2.75) is 26.1 Å². The third-order valence-electron chi connectivity index (χ3n) is 7.32. The Morgan fingerprint density at radius 3 is 2.59 bits per heavy atom. The zero-order chi connectivity index (χ0) is 23.2. The average molecular weight is 451 g/mol. The van der Waals surface area contributed by atoms with Gasteiger partial charge in [0.1, 0.15) is 6.17 Å². The van der Waals surface area contributed by atoms with Crippen molar-refractivity contribution >= 4 is 28.2 Å². The highest BCUT2D eigenvalue weighted by atomic mass is 16.2. The lowest BCUT2D eigenvalue weighted by Gasteiger charge is -2.24. The number of hydrogen-bond acceptors (Lipinski definition) is 3. The molecular weight excluding hydrogens is 420 g/mol. The molecule has 0 saturated carbocycles. The highest BCUT2D eigenvalue weighted by Gasteiger charge is 2.32. The molecule has 2 aliphatic heterocycles. The van der Waals surface area contributed by atoms with Gasteiger partial charge in [0, 0.05) is 43.1 Å². The number of hydrogen-bond donors (Lipinski definition) is 1. The lowest BCUT2D eigenvalue weighted by atomic mass is 10.1. The number of nitrogens with zero attached hydrogens (tertiary/aromatic N) is 3. The number of aromatic nitrogens is 1. The van der Waals surface area contributed by atoms with Crippen LogP contribution in [0.4, 0.5) is 11.4 Å². The SMILES string of the molecule is CC1CCN(C(=O)c2ccc3c(c2)NC(c2cc4ccccc4n2Cc2ccccc2)N3C)C1. The van der Waals surface area contributed by atoms with Gasteiger partial charge >= 0.3 is 0 Å². The third-order valence-corrected chi connectivity index (χ3v) is 7.32. The van der Waals surface area contributed by atoms with Crippen LogP contribution in [0.2, 0.25) is 0 Å². The van der Waals surface area contributed by atoms with E-state index in [1.54, 1.807) is 0 Å². The second-order valence-electron chi connectivity index (χ2n) is 9.73. The molecule has 172 valence electrons. The molecule has 3 heterocycles. The molecule has 2 aliphatic rings. The Morgan fingerprint density at radius 1 is 1.00 bits per heavy atom. The molecule has 2 atom stereocenters. The smallest absolute Gasteiger partial charge is 0.253 e. The first-order chi connectivity index (χ1) is 16.6. The lowest BCUT2D eigenvalue weighted by molar-refractivity contribution is 0.0788. The van der Waals surface area contributed by atoms with Crippen molar-refractivity contribution in [2.24, 2.45) is 5.92 Å². The minimum absolute atomic E-state index is 0.0109. The van der Waals surface area contributed by atoms with E-state index in [1.165, 1.54) is 22.2 Å². The van der Waals surface area contributed by atoms with E-state index in [0.29, 0.717) is 5.92 Å². The molecule has 0 aliphatic carbocycles. The average Bonchev–Trinajstić information content (AvgIpc) is 3.55. The summed E-state index contributed by atoms with van der Waals surface area (Å²) in [5.74, 6) is 0.719. The van der Waals surface area contributed by atoms with Crippen LogP contribution in [-0.2, 0) is 6.54 Å². The van der Waals surface area contributed by atoms with E-state index < -0.39 is 0 Å². The third kappa shape index (κ3) is 3.52. The fourth-order valence-electron chi connectivity index (χ4n) is 5.45. The summed E-state index contributed by atoms with van der Waals surface area (Å²) in [5.41, 5.74) is 6.61. The largest absolute Gasteiger partial charge is 0.359 e. The van der Waals surface area contributed by atoms with Gasteiger partial charge in [-0.3, -0.25) is 4.79 Å². The van der Waals surface area contributed by atoms with E-state index >= 15 is 0 Å². The van der Waals surface area contributed by atoms with Gasteiger partial charge in [-0.25, -0.2) is 0 Å². The topological polar surface area (TPSA) is 40.5 Å². The Morgan fingerprint density at radius 2 is 1.79 bits per heavy atom. The van der Waals surface area contributed by atoms with Gasteiger partial charge < -0.3 is 19.7 Å². The molecule has 1 aromatic heterocycles. The van der Waals surface area contributed by atoms with Crippen molar-refractivity contribution in [3.63, 3.8) is 0 Å². The molecule has 6 rings (SSSR count). The predicted molar refractivity (Wildman–Crippen MR) is 138 cm³/mol. The fourth-order valence-corrected chi connectivity index (χ4v) is 5.45. The second-order valence-corrected chi connectivity index (χ2v) is 9.73. The summed E-state index contributed by atoms with van der Waals surface area (Å²) in [6.45, 7) is 4.73. The Labute approximate surface area is 200 Å². The van der Waals surface area contributed by atoms with Gasteiger partial charge in [-0.1, -0.05) is 55.5 Å². The van der Waals surface area contributed by atoms with Crippen molar-refractivity contribution < 1.29 is 4.79 Å². The van der Waals surface area contributed by atoms with Gasteiger partial charge in [0.25, 0.3) is 5.91 Å². The molecule has 1 fully saturated rings. The molecule has 0 bridgehead atoms. The van der Waals surface area contributed by atoms with Crippen LogP contribution >= 0.6 is 0 Å². The van der Waals surface area contributed by atoms with Gasteiger partial charge in [0.15, 0.2) is 0 Å². The summed E-state index contributed by atoms with van der Waals surface area (Å²) in [5, 5.41) is 4.95. The molecule has 1 saturated heterocycles. The summed E-state index contributed by atoms with van der Waals surface area (Å²) in [4.78, 5) is 17.3. The van der Waals surface area contributed by atoms with Crippen molar-refractivity contribution in [3.8, 4) is 0 Å². The van der Waals surface area contributed by atoms with Crippen LogP contribution in [0.15, 0.2) is 78.9 Å². The minimum Gasteiger partial charge on any atom is -0.359 e. The number of carbonyl (C=O) groups is 1. The van der Waals surface area contributed by atoms with Crippen LogP contribution in [0.25, 0.3) is 10.9 Å². The maximum atomic E-state index is 13.1. The van der Waals surface area contributed by atoms with Gasteiger partial charge in [-0.15, -0.1) is 0 Å². The second kappa shape index (κ2) is 8.24. The first-order valence-corrected chi connectivity index (χ1v) is 12.1. The Balaban J connectivity index is 1.34. The molecule has 5 heteroatoms. The number of nitrogens with one attached hydrogen (secondary N) is 1. The van der Waals surface area contributed by atoms with Gasteiger partial charge in [0.05, 0.1) is 17.1 Å². The quantitative estimate of drug-likeness (QED) is 0.432. The van der Waals surface area contributed by atoms with Crippen LogP contribution in [0.1, 0.15) is 41.1 Å². The van der Waals surface area contributed by atoms with E-state index in [9.17, 15) is 4.79 Å². The number of carbonyl (C=O) groups excluding carboxylic acids is 1. The molecule has 4 aromatic rings. The van der Waals surface area contributed by atoms with Crippen LogP contribution in [0, 0.1) is 5.92 Å². The monoisotopic (exact) mass is 450 g/mol. The number of benzene rings is 3. The van der Waals surface area contributed by atoms with E-state index in [2.05, 4.69) is 95.5 Å². The van der Waals surface area contributed by atoms with Gasteiger partial charge in [0.2, 0.25) is 0 Å². The predicted octanol–water partition coefficient (Wildman–Crippen LogP) is 5.73. The Bertz CT molecular complexity index is 1360.